The number of halogens is 1. The number of furan rings is 1. The van der Waals surface area contributed by atoms with Gasteiger partial charge in [-0.3, -0.25) is 4.79 Å². The largest absolute Gasteiger partial charge is 0.467 e. The van der Waals surface area contributed by atoms with Gasteiger partial charge in [0.25, 0.3) is 0 Å². The molecule has 0 spiro atoms. The summed E-state index contributed by atoms with van der Waals surface area (Å²) in [5.41, 5.74) is 5.54. The molecule has 0 aromatic carbocycles. The molecule has 4 N–H and O–H groups in total. The van der Waals surface area contributed by atoms with E-state index in [9.17, 15) is 4.79 Å². The summed E-state index contributed by atoms with van der Waals surface area (Å²) in [5.74, 6) is 0.696. The van der Waals surface area contributed by atoms with E-state index >= 15 is 0 Å². The van der Waals surface area contributed by atoms with E-state index < -0.39 is 0 Å². The molecule has 19 heavy (non-hydrogen) atoms. The fraction of sp³-hybridized carbons (Fsp3) is 0.455. The lowest BCUT2D eigenvalue weighted by Crippen LogP contribution is -2.35. The summed E-state index contributed by atoms with van der Waals surface area (Å²) >= 11 is 0. The molecule has 0 saturated heterocycles. The number of nitrogens with one attached hydrogen (secondary N) is 2. The zero-order valence-corrected chi connectivity index (χ0v) is 13.0. The maximum absolute atomic E-state index is 11.4. The molecule has 0 aliphatic rings. The Bertz CT molecular complexity index is 381. The third kappa shape index (κ3) is 8.43. The molecule has 7 nitrogen and oxygen atoms in total. The van der Waals surface area contributed by atoms with Crippen LogP contribution >= 0.6 is 24.0 Å². The SMILES string of the molecule is COCCNC(N)=NCC(=O)NCc1ccco1.I. The van der Waals surface area contributed by atoms with E-state index in [2.05, 4.69) is 15.6 Å². The van der Waals surface area contributed by atoms with Gasteiger partial charge in [0.15, 0.2) is 5.96 Å². The van der Waals surface area contributed by atoms with Crippen molar-refractivity contribution in [1.82, 2.24) is 10.6 Å². The molecule has 1 aromatic heterocycles. The highest BCUT2D eigenvalue weighted by atomic mass is 127. The van der Waals surface area contributed by atoms with Crippen LogP contribution in [0.5, 0.6) is 0 Å². The highest BCUT2D eigenvalue weighted by Crippen LogP contribution is 1.97. The molecule has 0 fully saturated rings. The summed E-state index contributed by atoms with van der Waals surface area (Å²) in [7, 11) is 1.59. The monoisotopic (exact) mass is 382 g/mol. The topological polar surface area (TPSA) is 102 Å². The average Bonchev–Trinajstić information content (AvgIpc) is 2.87. The molecule has 0 unspecified atom stereocenters. The van der Waals surface area contributed by atoms with Gasteiger partial charge in [0.2, 0.25) is 5.91 Å². The summed E-state index contributed by atoms with van der Waals surface area (Å²) in [6, 6.07) is 3.54. The highest BCUT2D eigenvalue weighted by Gasteiger charge is 2.01. The predicted molar refractivity (Wildman–Crippen MR) is 82.3 cm³/mol. The summed E-state index contributed by atoms with van der Waals surface area (Å²) in [6.07, 6.45) is 1.55. The second kappa shape index (κ2) is 10.6. The Kier molecular flexibility index (Phi) is 9.90. The zero-order chi connectivity index (χ0) is 13.2. The van der Waals surface area contributed by atoms with Crippen molar-refractivity contribution >= 4 is 35.8 Å². The molecular weight excluding hydrogens is 363 g/mol. The van der Waals surface area contributed by atoms with Crippen molar-refractivity contribution in [2.24, 2.45) is 10.7 Å². The van der Waals surface area contributed by atoms with E-state index in [1.165, 1.54) is 0 Å². The number of methoxy groups -OCH3 is 1. The van der Waals surface area contributed by atoms with Gasteiger partial charge >= 0.3 is 0 Å². The zero-order valence-electron chi connectivity index (χ0n) is 10.7. The number of amides is 1. The quantitative estimate of drug-likeness (QED) is 0.268. The van der Waals surface area contributed by atoms with Crippen molar-refractivity contribution < 1.29 is 13.9 Å². The van der Waals surface area contributed by atoms with Gasteiger partial charge in [0.1, 0.15) is 12.3 Å². The molecule has 0 aliphatic heterocycles. The van der Waals surface area contributed by atoms with E-state index in [4.69, 9.17) is 14.9 Å². The van der Waals surface area contributed by atoms with E-state index in [0.717, 1.165) is 0 Å². The molecule has 108 valence electrons. The second-order valence-electron chi connectivity index (χ2n) is 3.48. The summed E-state index contributed by atoms with van der Waals surface area (Å²) in [5, 5.41) is 5.47. The Morgan fingerprint density at radius 3 is 2.95 bits per heavy atom. The molecule has 1 heterocycles. The maximum atomic E-state index is 11.4. The Labute approximate surface area is 129 Å². The van der Waals surface area contributed by atoms with E-state index in [0.29, 0.717) is 25.5 Å². The number of aliphatic imine (C=N–C) groups is 1. The van der Waals surface area contributed by atoms with Crippen molar-refractivity contribution in [3.05, 3.63) is 24.2 Å². The molecule has 0 aliphatic carbocycles. The van der Waals surface area contributed by atoms with Gasteiger partial charge in [-0.1, -0.05) is 0 Å². The van der Waals surface area contributed by atoms with Gasteiger partial charge in [0, 0.05) is 13.7 Å². The molecule has 8 heteroatoms. The standard InChI is InChI=1S/C11H18N4O3.HI/c1-17-6-4-13-11(12)15-8-10(16)14-7-9-3-2-5-18-9;/h2-3,5H,4,6-8H2,1H3,(H,14,16)(H3,12,13,15);1H. The van der Waals surface area contributed by atoms with Crippen LogP contribution in [-0.2, 0) is 16.1 Å². The van der Waals surface area contributed by atoms with Crippen LogP contribution in [0.1, 0.15) is 5.76 Å². The van der Waals surface area contributed by atoms with Gasteiger partial charge in [0.05, 0.1) is 19.4 Å². The molecule has 1 rings (SSSR count). The lowest BCUT2D eigenvalue weighted by Gasteiger charge is -2.04. The Balaban J connectivity index is 0.00000324. The Morgan fingerprint density at radius 1 is 1.53 bits per heavy atom. The summed E-state index contributed by atoms with van der Waals surface area (Å²) < 4.78 is 9.91. The molecule has 0 atom stereocenters. The lowest BCUT2D eigenvalue weighted by atomic mass is 10.4. The number of nitrogens with two attached hydrogens (primary N) is 1. The average molecular weight is 382 g/mol. The minimum atomic E-state index is -0.220. The van der Waals surface area contributed by atoms with Crippen LogP contribution in [0.15, 0.2) is 27.8 Å². The van der Waals surface area contributed by atoms with Crippen molar-refractivity contribution in [3.63, 3.8) is 0 Å². The first-order valence-electron chi connectivity index (χ1n) is 5.54. The third-order valence-corrected chi connectivity index (χ3v) is 2.05. The van der Waals surface area contributed by atoms with Crippen molar-refractivity contribution in [3.8, 4) is 0 Å². The third-order valence-electron chi connectivity index (χ3n) is 2.05. The fourth-order valence-electron chi connectivity index (χ4n) is 1.15. The number of carbonyl (C=O) groups is 1. The summed E-state index contributed by atoms with van der Waals surface area (Å²) in [4.78, 5) is 15.3. The molecule has 1 aromatic rings. The normalized spacial score (nSPS) is 10.7. The number of rotatable bonds is 7. The molecular formula is C11H19IN4O3. The first-order chi connectivity index (χ1) is 8.72. The Hall–Kier alpha value is -1.29. The highest BCUT2D eigenvalue weighted by molar-refractivity contribution is 14.0. The minimum absolute atomic E-state index is 0. The molecule has 0 radical (unpaired) electrons. The van der Waals surface area contributed by atoms with Crippen LogP contribution in [0.3, 0.4) is 0 Å². The van der Waals surface area contributed by atoms with Crippen LogP contribution in [0.4, 0.5) is 0 Å². The molecule has 0 saturated carbocycles. The van der Waals surface area contributed by atoms with Crippen LogP contribution in [-0.4, -0.2) is 38.7 Å². The van der Waals surface area contributed by atoms with Gasteiger partial charge in [-0.25, -0.2) is 4.99 Å². The van der Waals surface area contributed by atoms with Gasteiger partial charge in [-0.2, -0.15) is 0 Å². The number of ether oxygens (including phenoxy) is 1. The van der Waals surface area contributed by atoms with E-state index in [1.807, 2.05) is 0 Å². The van der Waals surface area contributed by atoms with Gasteiger partial charge in [-0.05, 0) is 12.1 Å². The molecule has 1 amide bonds. The van der Waals surface area contributed by atoms with Crippen molar-refractivity contribution in [2.75, 3.05) is 26.8 Å². The lowest BCUT2D eigenvalue weighted by molar-refractivity contribution is -0.119. The van der Waals surface area contributed by atoms with Crippen molar-refractivity contribution in [2.45, 2.75) is 6.54 Å². The first-order valence-corrected chi connectivity index (χ1v) is 5.54. The summed E-state index contributed by atoms with van der Waals surface area (Å²) in [6.45, 7) is 1.41. The number of hydrogen-bond acceptors (Lipinski definition) is 4. The maximum Gasteiger partial charge on any atom is 0.242 e. The predicted octanol–water partition coefficient (Wildman–Crippen LogP) is 0.0645. The van der Waals surface area contributed by atoms with Gasteiger partial charge < -0.3 is 25.5 Å². The van der Waals surface area contributed by atoms with Crippen LogP contribution in [0.2, 0.25) is 0 Å². The van der Waals surface area contributed by atoms with E-state index in [1.54, 1.807) is 25.5 Å². The Morgan fingerprint density at radius 2 is 2.32 bits per heavy atom. The van der Waals surface area contributed by atoms with E-state index in [-0.39, 0.29) is 42.4 Å². The van der Waals surface area contributed by atoms with Crippen molar-refractivity contribution in [1.29, 1.82) is 0 Å². The van der Waals surface area contributed by atoms with Crippen LogP contribution in [0, 0.1) is 0 Å². The number of carbonyl (C=O) groups excluding carboxylic acids is 1. The first kappa shape index (κ1) is 17.7. The minimum Gasteiger partial charge on any atom is -0.467 e. The van der Waals surface area contributed by atoms with Crippen LogP contribution in [0.25, 0.3) is 0 Å². The number of guanidine groups is 1. The second-order valence-corrected chi connectivity index (χ2v) is 3.48. The smallest absolute Gasteiger partial charge is 0.242 e. The fourth-order valence-corrected chi connectivity index (χ4v) is 1.15. The number of nitrogens with zero attached hydrogens (tertiary/aromatic N) is 1. The van der Waals surface area contributed by atoms with Crippen LogP contribution < -0.4 is 16.4 Å². The van der Waals surface area contributed by atoms with Gasteiger partial charge in [-0.15, -0.1) is 24.0 Å². The number of hydrogen-bond donors (Lipinski definition) is 3. The molecule has 0 bridgehead atoms.